The van der Waals surface area contributed by atoms with Crippen molar-refractivity contribution in [1.82, 2.24) is 9.97 Å². The van der Waals surface area contributed by atoms with Crippen LogP contribution in [0.15, 0.2) is 10.9 Å². The zero-order valence-corrected chi connectivity index (χ0v) is 12.3. The van der Waals surface area contributed by atoms with Gasteiger partial charge in [-0.3, -0.25) is 9.59 Å². The summed E-state index contributed by atoms with van der Waals surface area (Å²) in [6.45, 7) is 4.97. The van der Waals surface area contributed by atoms with Crippen LogP contribution in [0.5, 0.6) is 0 Å². The van der Waals surface area contributed by atoms with E-state index in [1.165, 1.54) is 6.07 Å². The third-order valence-electron chi connectivity index (χ3n) is 3.82. The highest BCUT2D eigenvalue weighted by Crippen LogP contribution is 2.31. The lowest BCUT2D eigenvalue weighted by Gasteiger charge is -2.33. The van der Waals surface area contributed by atoms with Gasteiger partial charge in [-0.1, -0.05) is 13.8 Å². The van der Waals surface area contributed by atoms with Crippen LogP contribution in [0.1, 0.15) is 38.4 Å². The Balaban J connectivity index is 2.14. The van der Waals surface area contributed by atoms with Gasteiger partial charge in [0.1, 0.15) is 11.6 Å². The minimum Gasteiger partial charge on any atom is -0.481 e. The molecule has 0 aliphatic carbocycles. The van der Waals surface area contributed by atoms with E-state index in [1.54, 1.807) is 0 Å². The first-order chi connectivity index (χ1) is 9.93. The Hall–Kier alpha value is -1.89. The van der Waals surface area contributed by atoms with Gasteiger partial charge in [0.15, 0.2) is 0 Å². The number of aliphatic carboxylic acids is 1. The van der Waals surface area contributed by atoms with Gasteiger partial charge in [-0.2, -0.15) is 0 Å². The van der Waals surface area contributed by atoms with Gasteiger partial charge in [-0.05, 0) is 12.8 Å². The first-order valence-corrected chi connectivity index (χ1v) is 7.09. The van der Waals surface area contributed by atoms with E-state index < -0.39 is 11.4 Å². The number of carboxylic acid groups (broad SMARTS) is 1. The molecule has 0 amide bonds. The topological polar surface area (TPSA) is 104 Å². The molecule has 1 saturated heterocycles. The maximum Gasteiger partial charge on any atom is 0.311 e. The van der Waals surface area contributed by atoms with E-state index in [2.05, 4.69) is 15.3 Å². The van der Waals surface area contributed by atoms with Crippen molar-refractivity contribution in [3.8, 4) is 0 Å². The fourth-order valence-corrected chi connectivity index (χ4v) is 2.33. The summed E-state index contributed by atoms with van der Waals surface area (Å²) < 4.78 is 5.23. The van der Waals surface area contributed by atoms with Gasteiger partial charge in [-0.15, -0.1) is 0 Å². The van der Waals surface area contributed by atoms with E-state index in [0.717, 1.165) is 0 Å². The van der Waals surface area contributed by atoms with Crippen molar-refractivity contribution in [2.75, 3.05) is 25.1 Å². The molecule has 7 nitrogen and oxygen atoms in total. The normalized spacial score (nSPS) is 17.7. The first-order valence-electron chi connectivity index (χ1n) is 7.09. The Labute approximate surface area is 122 Å². The molecule has 0 radical (unpaired) electrons. The molecular weight excluding hydrogens is 274 g/mol. The summed E-state index contributed by atoms with van der Waals surface area (Å²) in [6.07, 6.45) is 0.908. The number of aromatic nitrogens is 2. The zero-order chi connectivity index (χ0) is 15.5. The Kier molecular flexibility index (Phi) is 4.62. The molecule has 3 N–H and O–H groups in total. The minimum absolute atomic E-state index is 0.0935. The smallest absolute Gasteiger partial charge is 0.311 e. The van der Waals surface area contributed by atoms with Gasteiger partial charge in [0, 0.05) is 31.7 Å². The van der Waals surface area contributed by atoms with Crippen molar-refractivity contribution < 1.29 is 14.6 Å². The number of anilines is 1. The fourth-order valence-electron chi connectivity index (χ4n) is 2.33. The van der Waals surface area contributed by atoms with E-state index in [4.69, 9.17) is 4.74 Å². The minimum atomic E-state index is -0.861. The van der Waals surface area contributed by atoms with Crippen LogP contribution in [0.3, 0.4) is 0 Å². The van der Waals surface area contributed by atoms with Crippen molar-refractivity contribution >= 4 is 11.8 Å². The second kappa shape index (κ2) is 6.26. The molecule has 1 aliphatic rings. The molecule has 116 valence electrons. The van der Waals surface area contributed by atoms with Crippen molar-refractivity contribution in [3.63, 3.8) is 0 Å². The molecule has 2 heterocycles. The van der Waals surface area contributed by atoms with Crippen molar-refractivity contribution in [3.05, 3.63) is 22.2 Å². The van der Waals surface area contributed by atoms with E-state index >= 15 is 0 Å². The number of ether oxygens (including phenoxy) is 1. The molecule has 0 saturated carbocycles. The van der Waals surface area contributed by atoms with Crippen molar-refractivity contribution in [1.29, 1.82) is 0 Å². The molecular formula is C14H21N3O4. The maximum atomic E-state index is 11.6. The van der Waals surface area contributed by atoms with Gasteiger partial charge in [0.25, 0.3) is 5.56 Å². The zero-order valence-electron chi connectivity index (χ0n) is 12.3. The monoisotopic (exact) mass is 295 g/mol. The SMILES string of the molecule is CC(C)c1nc(NCC2(C(=O)O)CCOCC2)cc(=O)[nH]1. The third-order valence-corrected chi connectivity index (χ3v) is 3.82. The van der Waals surface area contributed by atoms with Gasteiger partial charge in [0.05, 0.1) is 5.41 Å². The van der Waals surface area contributed by atoms with E-state index in [-0.39, 0.29) is 18.0 Å². The number of H-pyrrole nitrogens is 1. The number of carbonyl (C=O) groups is 1. The molecule has 0 aromatic carbocycles. The maximum absolute atomic E-state index is 11.6. The lowest BCUT2D eigenvalue weighted by molar-refractivity contribution is -0.153. The lowest BCUT2D eigenvalue weighted by Crippen LogP contribution is -2.42. The number of aromatic amines is 1. The quantitative estimate of drug-likeness (QED) is 0.753. The Morgan fingerprint density at radius 3 is 2.76 bits per heavy atom. The summed E-state index contributed by atoms with van der Waals surface area (Å²) in [5.74, 6) is 0.249. The summed E-state index contributed by atoms with van der Waals surface area (Å²) in [5.41, 5.74) is -1.10. The van der Waals surface area contributed by atoms with Crippen molar-refractivity contribution in [2.24, 2.45) is 5.41 Å². The average molecular weight is 295 g/mol. The lowest BCUT2D eigenvalue weighted by atomic mass is 9.80. The Morgan fingerprint density at radius 1 is 1.52 bits per heavy atom. The molecule has 1 aromatic rings. The van der Waals surface area contributed by atoms with E-state index in [1.807, 2.05) is 13.8 Å². The number of rotatable bonds is 5. The average Bonchev–Trinajstić information content (AvgIpc) is 2.45. The highest BCUT2D eigenvalue weighted by Gasteiger charge is 2.40. The number of nitrogens with one attached hydrogen (secondary N) is 2. The molecule has 7 heteroatoms. The molecule has 0 spiro atoms. The van der Waals surface area contributed by atoms with E-state index in [9.17, 15) is 14.7 Å². The van der Waals surface area contributed by atoms with Crippen molar-refractivity contribution in [2.45, 2.75) is 32.6 Å². The van der Waals surface area contributed by atoms with Gasteiger partial charge in [0.2, 0.25) is 0 Å². The Morgan fingerprint density at radius 2 is 2.19 bits per heavy atom. The van der Waals surface area contributed by atoms with Gasteiger partial charge < -0.3 is 20.1 Å². The molecule has 0 bridgehead atoms. The molecule has 0 atom stereocenters. The fraction of sp³-hybridized carbons (Fsp3) is 0.643. The second-order valence-corrected chi connectivity index (χ2v) is 5.72. The molecule has 0 unspecified atom stereocenters. The molecule has 21 heavy (non-hydrogen) atoms. The summed E-state index contributed by atoms with van der Waals surface area (Å²) >= 11 is 0. The number of hydrogen-bond acceptors (Lipinski definition) is 5. The van der Waals surface area contributed by atoms with Crippen LogP contribution in [0, 0.1) is 5.41 Å². The van der Waals surface area contributed by atoms with Gasteiger partial charge >= 0.3 is 5.97 Å². The predicted octanol–water partition coefficient (Wildman–Crippen LogP) is 1.19. The highest BCUT2D eigenvalue weighted by molar-refractivity contribution is 5.75. The second-order valence-electron chi connectivity index (χ2n) is 5.72. The van der Waals surface area contributed by atoms with E-state index in [0.29, 0.717) is 37.7 Å². The Bertz CT molecular complexity index is 562. The number of hydrogen-bond donors (Lipinski definition) is 3. The summed E-state index contributed by atoms with van der Waals surface area (Å²) in [6, 6.07) is 1.35. The highest BCUT2D eigenvalue weighted by atomic mass is 16.5. The molecule has 1 fully saturated rings. The van der Waals surface area contributed by atoms with Crippen LogP contribution in [-0.4, -0.2) is 40.8 Å². The van der Waals surface area contributed by atoms with Crippen LogP contribution in [0.4, 0.5) is 5.82 Å². The summed E-state index contributed by atoms with van der Waals surface area (Å²) in [4.78, 5) is 30.2. The van der Waals surface area contributed by atoms with Crippen LogP contribution in [0.25, 0.3) is 0 Å². The predicted molar refractivity (Wildman–Crippen MR) is 77.6 cm³/mol. The van der Waals surface area contributed by atoms with Gasteiger partial charge in [-0.25, -0.2) is 4.98 Å². The first kappa shape index (κ1) is 15.5. The van der Waals surface area contributed by atoms with Crippen LogP contribution < -0.4 is 10.9 Å². The molecule has 1 aromatic heterocycles. The summed E-state index contributed by atoms with van der Waals surface area (Å²) in [7, 11) is 0. The standard InChI is InChI=1S/C14H21N3O4/c1-9(2)12-16-10(7-11(18)17-12)15-8-14(13(19)20)3-5-21-6-4-14/h7,9H,3-6,8H2,1-2H3,(H,19,20)(H2,15,16,17,18). The number of carboxylic acids is 1. The largest absolute Gasteiger partial charge is 0.481 e. The summed E-state index contributed by atoms with van der Waals surface area (Å²) in [5, 5.41) is 12.5. The number of nitrogens with zero attached hydrogens (tertiary/aromatic N) is 1. The van der Waals surface area contributed by atoms with Crippen LogP contribution in [-0.2, 0) is 9.53 Å². The van der Waals surface area contributed by atoms with Crippen LogP contribution in [0.2, 0.25) is 0 Å². The molecule has 1 aliphatic heterocycles. The third kappa shape index (κ3) is 3.60. The van der Waals surface area contributed by atoms with Crippen LogP contribution >= 0.6 is 0 Å². The molecule has 2 rings (SSSR count).